The largest absolute Gasteiger partial charge is 0.466 e. The van der Waals surface area contributed by atoms with E-state index in [0.717, 1.165) is 44.9 Å². The maximum atomic E-state index is 12.3. The van der Waals surface area contributed by atoms with Gasteiger partial charge in [0.2, 0.25) is 0 Å². The average Bonchev–Trinajstić information content (AvgIpc) is 3.17. The second kappa shape index (κ2) is 10.9. The summed E-state index contributed by atoms with van der Waals surface area (Å²) >= 11 is 0. The van der Waals surface area contributed by atoms with E-state index in [1.54, 1.807) is 0 Å². The first-order valence-corrected chi connectivity index (χ1v) is 14.6. The molecule has 0 bridgehead atoms. The van der Waals surface area contributed by atoms with Crippen LogP contribution in [0.25, 0.3) is 0 Å². The van der Waals surface area contributed by atoms with Crippen LogP contribution < -0.4 is 0 Å². The highest BCUT2D eigenvalue weighted by molar-refractivity contribution is 5.69. The molecule has 0 radical (unpaired) electrons. The van der Waals surface area contributed by atoms with Gasteiger partial charge in [-0.05, 0) is 98.7 Å². The number of hydrogen-bond donors (Lipinski definition) is 1. The Morgan fingerprint density at radius 2 is 1.68 bits per heavy atom. The highest BCUT2D eigenvalue weighted by Crippen LogP contribution is 2.68. The molecule has 4 aliphatic rings. The summed E-state index contributed by atoms with van der Waals surface area (Å²) in [5.74, 6) is 1.00. The van der Waals surface area contributed by atoms with Gasteiger partial charge >= 0.3 is 17.9 Å². The predicted molar refractivity (Wildman–Crippen MR) is 138 cm³/mol. The molecule has 7 heteroatoms. The van der Waals surface area contributed by atoms with Crippen molar-refractivity contribution < 1.29 is 33.7 Å². The van der Waals surface area contributed by atoms with Gasteiger partial charge in [0, 0.05) is 26.2 Å². The van der Waals surface area contributed by atoms with Crippen molar-refractivity contribution in [3.63, 3.8) is 0 Å². The molecule has 1 N–H and O–H groups in total. The maximum Gasteiger partial charge on any atom is 0.305 e. The topological polar surface area (TPSA) is 99.1 Å². The molecule has 0 amide bonds. The summed E-state index contributed by atoms with van der Waals surface area (Å²) in [6.45, 7) is 12.0. The Kier molecular flexibility index (Phi) is 8.33. The average molecular weight is 521 g/mol. The molecule has 0 saturated heterocycles. The molecular formula is C30H48O7. The molecule has 4 fully saturated rings. The van der Waals surface area contributed by atoms with Crippen LogP contribution in [0.5, 0.6) is 0 Å². The molecule has 37 heavy (non-hydrogen) atoms. The van der Waals surface area contributed by atoms with Crippen molar-refractivity contribution >= 4 is 17.9 Å². The number of carbonyl (C=O) groups is 3. The Labute approximate surface area is 222 Å². The molecule has 0 aromatic carbocycles. The van der Waals surface area contributed by atoms with Crippen molar-refractivity contribution in [2.75, 3.05) is 6.61 Å². The third kappa shape index (κ3) is 5.18. The lowest BCUT2D eigenvalue weighted by molar-refractivity contribution is -0.218. The van der Waals surface area contributed by atoms with E-state index in [4.69, 9.17) is 14.2 Å². The Hall–Kier alpha value is -1.63. The zero-order valence-electron chi connectivity index (χ0n) is 23.7. The smallest absolute Gasteiger partial charge is 0.305 e. The van der Waals surface area contributed by atoms with Crippen LogP contribution in [0.1, 0.15) is 99.3 Å². The number of ether oxygens (including phenoxy) is 3. The molecule has 0 heterocycles. The zero-order chi connectivity index (χ0) is 27.1. The Morgan fingerprint density at radius 1 is 0.973 bits per heavy atom. The minimum Gasteiger partial charge on any atom is -0.466 e. The Bertz CT molecular complexity index is 872. The summed E-state index contributed by atoms with van der Waals surface area (Å²) < 4.78 is 16.8. The fourth-order valence-corrected chi connectivity index (χ4v) is 9.55. The number of carbonyl (C=O) groups excluding carboxylic acids is 3. The number of hydrogen-bond acceptors (Lipinski definition) is 7. The summed E-state index contributed by atoms with van der Waals surface area (Å²) in [4.78, 5) is 35.9. The van der Waals surface area contributed by atoms with Crippen LogP contribution in [-0.2, 0) is 28.6 Å². The monoisotopic (exact) mass is 520 g/mol. The van der Waals surface area contributed by atoms with E-state index in [1.807, 2.05) is 6.92 Å². The van der Waals surface area contributed by atoms with Gasteiger partial charge in [-0.2, -0.15) is 0 Å². The van der Waals surface area contributed by atoms with Crippen molar-refractivity contribution in [3.8, 4) is 0 Å². The highest BCUT2D eigenvalue weighted by Gasteiger charge is 2.66. The molecule has 0 aromatic heterocycles. The van der Waals surface area contributed by atoms with Crippen molar-refractivity contribution in [2.24, 2.45) is 46.3 Å². The van der Waals surface area contributed by atoms with Crippen molar-refractivity contribution in [3.05, 3.63) is 0 Å². The lowest BCUT2D eigenvalue weighted by atomic mass is 9.43. The molecule has 0 unspecified atom stereocenters. The van der Waals surface area contributed by atoms with E-state index in [9.17, 15) is 19.5 Å². The normalized spacial score (nSPS) is 43.5. The molecule has 4 saturated carbocycles. The van der Waals surface area contributed by atoms with E-state index >= 15 is 0 Å². The molecule has 0 aromatic rings. The number of aliphatic hydroxyl groups is 1. The van der Waals surface area contributed by atoms with Gasteiger partial charge in [-0.3, -0.25) is 14.4 Å². The fraction of sp³-hybridized carbons (Fsp3) is 0.900. The molecule has 7 nitrogen and oxygen atoms in total. The minimum atomic E-state index is -0.434. The van der Waals surface area contributed by atoms with Gasteiger partial charge in [-0.15, -0.1) is 0 Å². The second-order valence-electron chi connectivity index (χ2n) is 13.0. The first-order valence-electron chi connectivity index (χ1n) is 14.6. The molecular weight excluding hydrogens is 472 g/mol. The van der Waals surface area contributed by atoms with Crippen LogP contribution in [0.2, 0.25) is 0 Å². The number of aliphatic hydroxyl groups excluding tert-OH is 1. The van der Waals surface area contributed by atoms with E-state index < -0.39 is 6.10 Å². The van der Waals surface area contributed by atoms with Crippen LogP contribution in [0.15, 0.2) is 0 Å². The van der Waals surface area contributed by atoms with Crippen LogP contribution in [0.3, 0.4) is 0 Å². The molecule has 0 spiro atoms. The van der Waals surface area contributed by atoms with Gasteiger partial charge in [-0.1, -0.05) is 20.8 Å². The lowest BCUT2D eigenvalue weighted by Crippen LogP contribution is -2.63. The van der Waals surface area contributed by atoms with E-state index in [2.05, 4.69) is 20.8 Å². The summed E-state index contributed by atoms with van der Waals surface area (Å²) in [6.07, 6.45) is 6.61. The number of esters is 3. The quantitative estimate of drug-likeness (QED) is 0.370. The van der Waals surface area contributed by atoms with Gasteiger partial charge in [0.05, 0.1) is 12.7 Å². The van der Waals surface area contributed by atoms with Crippen LogP contribution in [-0.4, -0.2) is 47.9 Å². The highest BCUT2D eigenvalue weighted by atomic mass is 16.5. The predicted octanol–water partition coefficient (Wildman–Crippen LogP) is 5.07. The maximum absolute atomic E-state index is 12.3. The fourth-order valence-electron chi connectivity index (χ4n) is 9.55. The van der Waals surface area contributed by atoms with Gasteiger partial charge in [0.1, 0.15) is 12.2 Å². The van der Waals surface area contributed by atoms with Crippen LogP contribution >= 0.6 is 0 Å². The van der Waals surface area contributed by atoms with E-state index in [0.29, 0.717) is 31.3 Å². The third-order valence-corrected chi connectivity index (χ3v) is 11.2. The number of rotatable bonds is 7. The van der Waals surface area contributed by atoms with Gasteiger partial charge in [0.15, 0.2) is 0 Å². The third-order valence-electron chi connectivity index (χ3n) is 11.2. The van der Waals surface area contributed by atoms with Crippen molar-refractivity contribution in [1.82, 2.24) is 0 Å². The summed E-state index contributed by atoms with van der Waals surface area (Å²) in [5.41, 5.74) is -0.250. The summed E-state index contributed by atoms with van der Waals surface area (Å²) in [7, 11) is 0. The first-order chi connectivity index (χ1) is 17.4. The summed E-state index contributed by atoms with van der Waals surface area (Å²) in [5, 5.41) is 11.8. The molecule has 4 aliphatic carbocycles. The first kappa shape index (κ1) is 28.4. The molecule has 4 rings (SSSR count). The van der Waals surface area contributed by atoms with Gasteiger partial charge < -0.3 is 19.3 Å². The number of fused-ring (bicyclic) bond motifs is 5. The minimum absolute atomic E-state index is 0.0217. The van der Waals surface area contributed by atoms with Gasteiger partial charge in [0.25, 0.3) is 0 Å². The molecule has 0 aliphatic heterocycles. The SMILES string of the molecule is CCOC(=O)CC[C@H](C)[C@@H]1CC[C@@H]2[C@H]3[C@H](OC(C)=O)C[C@@H]4C[C@H](OC(C)=O)CC[C@]4(C)[C@H]3C[C@H](O)[C@@]21C. The lowest BCUT2D eigenvalue weighted by Gasteiger charge is -2.64. The van der Waals surface area contributed by atoms with Gasteiger partial charge in [-0.25, -0.2) is 0 Å². The van der Waals surface area contributed by atoms with Crippen LogP contribution in [0.4, 0.5) is 0 Å². The van der Waals surface area contributed by atoms with Crippen molar-refractivity contribution in [2.45, 2.75) is 118 Å². The summed E-state index contributed by atoms with van der Waals surface area (Å²) in [6, 6.07) is 0. The standard InChI is InChI=1S/C30H48O7/c1-7-35-27(34)11-8-17(2)22-9-10-23-28-24(16-26(33)30(22,23)6)29(5)13-12-21(36-18(3)31)14-20(29)15-25(28)37-19(4)32/h17,20-26,28,33H,7-16H2,1-6H3/t17-,20-,21+,22-,23+,24-,25+,26-,28+,29-,30+/m0/s1. The zero-order valence-corrected chi connectivity index (χ0v) is 23.7. The van der Waals surface area contributed by atoms with E-state index in [-0.39, 0.29) is 64.6 Å². The Balaban J connectivity index is 1.59. The molecule has 210 valence electrons. The molecule has 11 atom stereocenters. The van der Waals surface area contributed by atoms with Crippen LogP contribution in [0, 0.1) is 46.3 Å². The second-order valence-corrected chi connectivity index (χ2v) is 13.0. The van der Waals surface area contributed by atoms with E-state index in [1.165, 1.54) is 13.8 Å². The Morgan fingerprint density at radius 3 is 2.32 bits per heavy atom. The van der Waals surface area contributed by atoms with Crippen molar-refractivity contribution in [1.29, 1.82) is 0 Å².